The lowest BCUT2D eigenvalue weighted by Gasteiger charge is -2.07. The number of hydrogen-bond donors (Lipinski definition) is 1. The Morgan fingerprint density at radius 1 is 1.37 bits per heavy atom. The van der Waals surface area contributed by atoms with Crippen LogP contribution < -0.4 is 5.32 Å². The summed E-state index contributed by atoms with van der Waals surface area (Å²) < 4.78 is 12.9. The second kappa shape index (κ2) is 6.04. The van der Waals surface area contributed by atoms with Gasteiger partial charge in [-0.2, -0.15) is 4.39 Å². The predicted molar refractivity (Wildman–Crippen MR) is 75.4 cm³/mol. The summed E-state index contributed by atoms with van der Waals surface area (Å²) >= 11 is 7.56. The van der Waals surface area contributed by atoms with Crippen molar-refractivity contribution in [2.75, 3.05) is 11.6 Å². The van der Waals surface area contributed by atoms with Gasteiger partial charge in [-0.05, 0) is 30.5 Å². The molecule has 3 nitrogen and oxygen atoms in total. The Hall–Kier alpha value is -1.59. The van der Waals surface area contributed by atoms with Crippen molar-refractivity contribution in [1.29, 1.82) is 0 Å². The largest absolute Gasteiger partial charge is 0.322 e. The number of nitrogens with zero attached hydrogens (tertiary/aromatic N) is 1. The molecule has 1 N–H and O–H groups in total. The van der Waals surface area contributed by atoms with E-state index in [4.69, 9.17) is 11.6 Å². The summed E-state index contributed by atoms with van der Waals surface area (Å²) in [6.45, 7) is 0. The van der Waals surface area contributed by atoms with Crippen LogP contribution in [0.25, 0.3) is 0 Å². The molecule has 98 valence electrons. The molecule has 0 saturated carbocycles. The molecule has 1 aromatic heterocycles. The molecule has 0 aliphatic carbocycles. The minimum atomic E-state index is -0.691. The molecule has 0 saturated heterocycles. The average Bonchev–Trinajstić information content (AvgIpc) is 2.39. The van der Waals surface area contributed by atoms with E-state index in [2.05, 4.69) is 10.3 Å². The van der Waals surface area contributed by atoms with Gasteiger partial charge in [-0.15, -0.1) is 11.8 Å². The molecular formula is C13H10ClFN2OS. The molecule has 0 aliphatic rings. The lowest BCUT2D eigenvalue weighted by molar-refractivity contribution is 0.102. The van der Waals surface area contributed by atoms with Crippen LogP contribution in [0.15, 0.2) is 41.4 Å². The van der Waals surface area contributed by atoms with E-state index in [0.717, 1.165) is 11.0 Å². The highest BCUT2D eigenvalue weighted by molar-refractivity contribution is 7.98. The van der Waals surface area contributed by atoms with Crippen molar-refractivity contribution in [3.8, 4) is 0 Å². The Kier molecular flexibility index (Phi) is 4.39. The van der Waals surface area contributed by atoms with E-state index in [1.54, 1.807) is 12.1 Å². The van der Waals surface area contributed by atoms with Crippen LogP contribution in [0.1, 0.15) is 10.4 Å². The van der Waals surface area contributed by atoms with Crippen LogP contribution in [-0.2, 0) is 0 Å². The molecule has 0 unspecified atom stereocenters. The Labute approximate surface area is 119 Å². The van der Waals surface area contributed by atoms with Gasteiger partial charge in [-0.25, -0.2) is 4.98 Å². The first-order valence-electron chi connectivity index (χ1n) is 5.36. The van der Waals surface area contributed by atoms with Crippen molar-refractivity contribution in [3.05, 3.63) is 53.1 Å². The van der Waals surface area contributed by atoms with Crippen molar-refractivity contribution >= 4 is 35.0 Å². The van der Waals surface area contributed by atoms with Crippen LogP contribution in [0, 0.1) is 5.95 Å². The van der Waals surface area contributed by atoms with Crippen LogP contribution >= 0.6 is 23.4 Å². The van der Waals surface area contributed by atoms with Crippen molar-refractivity contribution in [2.45, 2.75) is 4.90 Å². The molecule has 6 heteroatoms. The van der Waals surface area contributed by atoms with Crippen LogP contribution in [0.5, 0.6) is 0 Å². The monoisotopic (exact) mass is 296 g/mol. The molecule has 1 heterocycles. The molecule has 0 bridgehead atoms. The van der Waals surface area contributed by atoms with Crippen LogP contribution in [-0.4, -0.2) is 17.1 Å². The molecule has 0 radical (unpaired) electrons. The van der Waals surface area contributed by atoms with E-state index in [1.807, 2.05) is 12.3 Å². The van der Waals surface area contributed by atoms with Gasteiger partial charge in [0, 0.05) is 28.4 Å². The summed E-state index contributed by atoms with van der Waals surface area (Å²) in [4.78, 5) is 16.2. The lowest BCUT2D eigenvalue weighted by Crippen LogP contribution is -2.12. The number of rotatable bonds is 3. The van der Waals surface area contributed by atoms with Crippen molar-refractivity contribution in [3.63, 3.8) is 0 Å². The predicted octanol–water partition coefficient (Wildman–Crippen LogP) is 3.85. The second-order valence-electron chi connectivity index (χ2n) is 3.67. The third-order valence-corrected chi connectivity index (χ3v) is 3.62. The Morgan fingerprint density at radius 3 is 2.79 bits per heavy atom. The van der Waals surface area contributed by atoms with Gasteiger partial charge in [0.05, 0.1) is 5.02 Å². The van der Waals surface area contributed by atoms with Gasteiger partial charge in [-0.3, -0.25) is 4.79 Å². The van der Waals surface area contributed by atoms with Crippen LogP contribution in [0.3, 0.4) is 0 Å². The summed E-state index contributed by atoms with van der Waals surface area (Å²) in [5, 5.41) is 3.21. The van der Waals surface area contributed by atoms with Crippen molar-refractivity contribution in [1.82, 2.24) is 4.98 Å². The molecule has 19 heavy (non-hydrogen) atoms. The summed E-state index contributed by atoms with van der Waals surface area (Å²) in [5.41, 5.74) is 0.766. The molecule has 1 amide bonds. The number of halogens is 2. The maximum atomic E-state index is 12.9. The quantitative estimate of drug-likeness (QED) is 0.691. The van der Waals surface area contributed by atoms with Crippen LogP contribution in [0.2, 0.25) is 5.02 Å². The van der Waals surface area contributed by atoms with E-state index in [-0.39, 0.29) is 5.56 Å². The van der Waals surface area contributed by atoms with Crippen molar-refractivity contribution < 1.29 is 9.18 Å². The highest BCUT2D eigenvalue weighted by atomic mass is 35.5. The normalized spacial score (nSPS) is 10.3. The number of nitrogens with one attached hydrogen (secondary N) is 1. The second-order valence-corrected chi connectivity index (χ2v) is 4.93. The minimum absolute atomic E-state index is 0.206. The summed E-state index contributed by atoms with van der Waals surface area (Å²) in [5.74, 6) is -1.10. The van der Waals surface area contributed by atoms with Gasteiger partial charge in [0.2, 0.25) is 5.95 Å². The van der Waals surface area contributed by atoms with Gasteiger partial charge >= 0.3 is 0 Å². The number of carbonyl (C=O) groups excluding carboxylic acids is 1. The molecular weight excluding hydrogens is 287 g/mol. The van der Waals surface area contributed by atoms with Gasteiger partial charge in [-0.1, -0.05) is 11.6 Å². The van der Waals surface area contributed by atoms with Crippen LogP contribution in [0.4, 0.5) is 10.1 Å². The average molecular weight is 297 g/mol. The standard InChI is InChI=1S/C13H10ClFN2OS/c1-19-11-3-2-9(7-10(11)14)17-13(18)8-4-5-16-12(15)6-8/h2-7H,1H3,(H,17,18). The van der Waals surface area contributed by atoms with Gasteiger partial charge in [0.1, 0.15) is 0 Å². The number of carbonyl (C=O) groups is 1. The topological polar surface area (TPSA) is 42.0 Å². The van der Waals surface area contributed by atoms with E-state index in [0.29, 0.717) is 10.7 Å². The van der Waals surface area contributed by atoms with E-state index < -0.39 is 11.9 Å². The summed E-state index contributed by atoms with van der Waals surface area (Å²) in [7, 11) is 0. The third kappa shape index (κ3) is 3.45. The third-order valence-electron chi connectivity index (χ3n) is 2.40. The number of amides is 1. The van der Waals surface area contributed by atoms with Gasteiger partial charge in [0.15, 0.2) is 0 Å². The first-order chi connectivity index (χ1) is 9.10. The fourth-order valence-corrected chi connectivity index (χ4v) is 2.36. The smallest absolute Gasteiger partial charge is 0.255 e. The Morgan fingerprint density at radius 2 is 2.16 bits per heavy atom. The maximum Gasteiger partial charge on any atom is 0.255 e. The highest BCUT2D eigenvalue weighted by Crippen LogP contribution is 2.28. The number of pyridine rings is 1. The molecule has 2 aromatic rings. The molecule has 0 spiro atoms. The van der Waals surface area contributed by atoms with E-state index >= 15 is 0 Å². The number of anilines is 1. The molecule has 2 rings (SSSR count). The molecule has 0 atom stereocenters. The lowest BCUT2D eigenvalue weighted by atomic mass is 10.2. The number of thioether (sulfide) groups is 1. The zero-order chi connectivity index (χ0) is 13.8. The summed E-state index contributed by atoms with van der Waals surface area (Å²) in [6.07, 6.45) is 3.16. The molecule has 1 aromatic carbocycles. The summed E-state index contributed by atoms with van der Waals surface area (Å²) in [6, 6.07) is 7.73. The fraction of sp³-hybridized carbons (Fsp3) is 0.0769. The minimum Gasteiger partial charge on any atom is -0.322 e. The fourth-order valence-electron chi connectivity index (χ4n) is 1.49. The first-order valence-corrected chi connectivity index (χ1v) is 6.97. The van der Waals surface area contributed by atoms with Crippen molar-refractivity contribution in [2.24, 2.45) is 0 Å². The van der Waals surface area contributed by atoms with Gasteiger partial charge in [0.25, 0.3) is 5.91 Å². The number of hydrogen-bond acceptors (Lipinski definition) is 3. The van der Waals surface area contributed by atoms with Gasteiger partial charge < -0.3 is 5.32 Å². The zero-order valence-electron chi connectivity index (χ0n) is 9.98. The maximum absolute atomic E-state index is 12.9. The molecule has 0 fully saturated rings. The first kappa shape index (κ1) is 13.8. The Balaban J connectivity index is 2.17. The zero-order valence-corrected chi connectivity index (χ0v) is 11.6. The highest BCUT2D eigenvalue weighted by Gasteiger charge is 2.08. The van der Waals surface area contributed by atoms with E-state index in [1.165, 1.54) is 24.0 Å². The Bertz CT molecular complexity index is 621. The number of benzene rings is 1. The van der Waals surface area contributed by atoms with E-state index in [9.17, 15) is 9.18 Å². The SMILES string of the molecule is CSc1ccc(NC(=O)c2ccnc(F)c2)cc1Cl. The number of aromatic nitrogens is 1. The molecule has 0 aliphatic heterocycles.